The van der Waals surface area contributed by atoms with Crippen LogP contribution in [0.15, 0.2) is 78.9 Å². The summed E-state index contributed by atoms with van der Waals surface area (Å²) in [5.74, 6) is -0.243. The molecule has 0 radical (unpaired) electrons. The lowest BCUT2D eigenvalue weighted by atomic mass is 10.0. The lowest BCUT2D eigenvalue weighted by Gasteiger charge is -2.20. The summed E-state index contributed by atoms with van der Waals surface area (Å²) < 4.78 is 0. The van der Waals surface area contributed by atoms with Crippen LogP contribution in [0.1, 0.15) is 31.4 Å². The largest absolute Gasteiger partial charge is 0.344 e. The fraction of sp³-hybridized carbons (Fsp3) is 0.250. The van der Waals surface area contributed by atoms with Crippen LogP contribution in [-0.4, -0.2) is 23.9 Å². The number of benzene rings is 3. The van der Waals surface area contributed by atoms with E-state index in [0.717, 1.165) is 16.8 Å². The highest BCUT2D eigenvalue weighted by molar-refractivity contribution is 6.00. The maximum atomic E-state index is 12.8. The lowest BCUT2D eigenvalue weighted by molar-refractivity contribution is -0.126. The predicted octanol–water partition coefficient (Wildman–Crippen LogP) is 5.35. The van der Waals surface area contributed by atoms with Crippen LogP contribution in [0.4, 0.5) is 21.9 Å². The highest BCUT2D eigenvalue weighted by atomic mass is 16.2. The zero-order valence-electron chi connectivity index (χ0n) is 20.3. The Morgan fingerprint density at radius 2 is 1.37 bits per heavy atom. The van der Waals surface area contributed by atoms with Crippen molar-refractivity contribution in [2.75, 3.05) is 16.0 Å². The van der Waals surface area contributed by atoms with Gasteiger partial charge in [0, 0.05) is 17.1 Å². The molecule has 4 amide bonds. The number of rotatable bonds is 9. The van der Waals surface area contributed by atoms with Gasteiger partial charge in [0.25, 0.3) is 0 Å². The molecule has 0 aromatic heterocycles. The van der Waals surface area contributed by atoms with E-state index in [2.05, 4.69) is 21.3 Å². The Morgan fingerprint density at radius 3 is 2.03 bits per heavy atom. The first-order valence-corrected chi connectivity index (χ1v) is 11.7. The lowest BCUT2D eigenvalue weighted by Crippen LogP contribution is -2.45. The van der Waals surface area contributed by atoms with Gasteiger partial charge in [-0.1, -0.05) is 62.4 Å². The monoisotopic (exact) mass is 472 g/mol. The first-order chi connectivity index (χ1) is 16.8. The maximum Gasteiger partial charge on any atom is 0.323 e. The Balaban J connectivity index is 1.54. The molecule has 4 N–H and O–H groups in total. The molecule has 0 aliphatic rings. The SMILES string of the molecule is Cc1ccccc1NC(=O)Nc1ccc(CC(=O)N[C@@H](CC(C)C)C(=O)Nc2ccccc2)cc1. The van der Waals surface area contributed by atoms with Gasteiger partial charge in [0.1, 0.15) is 6.04 Å². The first kappa shape index (κ1) is 25.5. The summed E-state index contributed by atoms with van der Waals surface area (Å²) in [6.07, 6.45) is 0.659. The highest BCUT2D eigenvalue weighted by Gasteiger charge is 2.22. The summed E-state index contributed by atoms with van der Waals surface area (Å²) in [6, 6.07) is 22.8. The number of nitrogens with one attached hydrogen (secondary N) is 4. The molecule has 3 rings (SSSR count). The Kier molecular flexibility index (Phi) is 9.01. The zero-order valence-corrected chi connectivity index (χ0v) is 20.3. The quantitative estimate of drug-likeness (QED) is 0.338. The van der Waals surface area contributed by atoms with Gasteiger partial charge in [-0.15, -0.1) is 0 Å². The molecule has 182 valence electrons. The van der Waals surface area contributed by atoms with Gasteiger partial charge in [-0.3, -0.25) is 9.59 Å². The van der Waals surface area contributed by atoms with Crippen LogP contribution in [-0.2, 0) is 16.0 Å². The van der Waals surface area contributed by atoms with Crippen molar-refractivity contribution in [1.29, 1.82) is 0 Å². The van der Waals surface area contributed by atoms with E-state index in [1.54, 1.807) is 24.3 Å². The molecular weight excluding hydrogens is 440 g/mol. The molecule has 0 bridgehead atoms. The summed E-state index contributed by atoms with van der Waals surface area (Å²) in [7, 11) is 0. The average molecular weight is 473 g/mol. The van der Waals surface area contributed by atoms with Crippen LogP contribution >= 0.6 is 0 Å². The number of anilines is 3. The van der Waals surface area contributed by atoms with Crippen LogP contribution in [0, 0.1) is 12.8 Å². The molecular formula is C28H32N4O3. The summed E-state index contributed by atoms with van der Waals surface area (Å²) in [6.45, 7) is 5.94. The third kappa shape index (κ3) is 8.30. The molecule has 1 atom stereocenters. The minimum atomic E-state index is -0.631. The van der Waals surface area contributed by atoms with Gasteiger partial charge >= 0.3 is 6.03 Å². The van der Waals surface area contributed by atoms with E-state index in [1.165, 1.54) is 0 Å². The Hall–Kier alpha value is -4.13. The van der Waals surface area contributed by atoms with Crippen LogP contribution in [0.25, 0.3) is 0 Å². The minimum Gasteiger partial charge on any atom is -0.344 e. The van der Waals surface area contributed by atoms with E-state index in [0.29, 0.717) is 17.8 Å². The summed E-state index contributed by atoms with van der Waals surface area (Å²) in [5, 5.41) is 11.3. The summed E-state index contributed by atoms with van der Waals surface area (Å²) in [4.78, 5) is 37.7. The molecule has 35 heavy (non-hydrogen) atoms. The van der Waals surface area contributed by atoms with Crippen LogP contribution in [0.3, 0.4) is 0 Å². The van der Waals surface area contributed by atoms with E-state index in [4.69, 9.17) is 0 Å². The van der Waals surface area contributed by atoms with Gasteiger partial charge in [0.05, 0.1) is 6.42 Å². The second-order valence-electron chi connectivity index (χ2n) is 8.87. The number of amides is 4. The summed E-state index contributed by atoms with van der Waals surface area (Å²) >= 11 is 0. The number of hydrogen-bond donors (Lipinski definition) is 4. The normalized spacial score (nSPS) is 11.4. The first-order valence-electron chi connectivity index (χ1n) is 11.7. The smallest absolute Gasteiger partial charge is 0.323 e. The molecule has 0 aliphatic carbocycles. The van der Waals surface area contributed by atoms with Gasteiger partial charge in [0.15, 0.2) is 0 Å². The van der Waals surface area contributed by atoms with Gasteiger partial charge in [-0.2, -0.15) is 0 Å². The van der Waals surface area contributed by atoms with Crippen molar-refractivity contribution < 1.29 is 14.4 Å². The maximum absolute atomic E-state index is 12.8. The Labute approximate surface area is 206 Å². The molecule has 7 nitrogen and oxygen atoms in total. The van der Waals surface area contributed by atoms with Crippen molar-refractivity contribution in [3.63, 3.8) is 0 Å². The molecule has 3 aromatic carbocycles. The van der Waals surface area contributed by atoms with E-state index >= 15 is 0 Å². The van der Waals surface area contributed by atoms with Crippen molar-refractivity contribution in [2.24, 2.45) is 5.92 Å². The number of hydrogen-bond acceptors (Lipinski definition) is 3. The molecule has 7 heteroatoms. The highest BCUT2D eigenvalue weighted by Crippen LogP contribution is 2.15. The Bertz CT molecular complexity index is 1140. The molecule has 0 aliphatic heterocycles. The van der Waals surface area contributed by atoms with Crippen molar-refractivity contribution >= 4 is 34.9 Å². The second-order valence-corrected chi connectivity index (χ2v) is 8.87. The second kappa shape index (κ2) is 12.4. The molecule has 3 aromatic rings. The number of aryl methyl sites for hydroxylation is 1. The molecule has 0 heterocycles. The molecule has 0 saturated heterocycles. The number of para-hydroxylation sites is 2. The van der Waals surface area contributed by atoms with Gasteiger partial charge in [-0.05, 0) is 60.7 Å². The van der Waals surface area contributed by atoms with E-state index in [9.17, 15) is 14.4 Å². The molecule has 0 fully saturated rings. The standard InChI is InChI=1S/C28H32N4O3/c1-19(2)17-25(27(34)29-22-10-5-4-6-11-22)31-26(33)18-21-13-15-23(16-14-21)30-28(35)32-24-12-8-7-9-20(24)3/h4-16,19,25H,17-18H2,1-3H3,(H,29,34)(H,31,33)(H2,30,32,35)/t25-/m0/s1. The molecule has 0 spiro atoms. The number of carbonyl (C=O) groups is 3. The zero-order chi connectivity index (χ0) is 25.2. The fourth-order valence-corrected chi connectivity index (χ4v) is 3.59. The van der Waals surface area contributed by atoms with Gasteiger partial charge in [0.2, 0.25) is 11.8 Å². The van der Waals surface area contributed by atoms with Crippen molar-refractivity contribution in [1.82, 2.24) is 5.32 Å². The summed E-state index contributed by atoms with van der Waals surface area (Å²) in [5.41, 5.74) is 3.79. The van der Waals surface area contributed by atoms with E-state index in [-0.39, 0.29) is 30.2 Å². The van der Waals surface area contributed by atoms with E-state index in [1.807, 2.05) is 75.4 Å². The fourth-order valence-electron chi connectivity index (χ4n) is 3.59. The van der Waals surface area contributed by atoms with Crippen molar-refractivity contribution in [3.05, 3.63) is 90.0 Å². The van der Waals surface area contributed by atoms with Crippen molar-refractivity contribution in [3.8, 4) is 0 Å². The third-order valence-corrected chi connectivity index (χ3v) is 5.37. The topological polar surface area (TPSA) is 99.3 Å². The van der Waals surface area contributed by atoms with Gasteiger partial charge in [-0.25, -0.2) is 4.79 Å². The average Bonchev–Trinajstić information content (AvgIpc) is 2.82. The van der Waals surface area contributed by atoms with E-state index < -0.39 is 6.04 Å². The van der Waals surface area contributed by atoms with Crippen LogP contribution < -0.4 is 21.3 Å². The minimum absolute atomic E-state index is 0.128. The molecule has 0 unspecified atom stereocenters. The molecule has 0 saturated carbocycles. The van der Waals surface area contributed by atoms with Crippen LogP contribution in [0.2, 0.25) is 0 Å². The van der Waals surface area contributed by atoms with Crippen LogP contribution in [0.5, 0.6) is 0 Å². The predicted molar refractivity (Wildman–Crippen MR) is 140 cm³/mol. The number of urea groups is 1. The van der Waals surface area contributed by atoms with Gasteiger partial charge < -0.3 is 21.3 Å². The third-order valence-electron chi connectivity index (χ3n) is 5.37. The Morgan fingerprint density at radius 1 is 0.743 bits per heavy atom. The van der Waals surface area contributed by atoms with Crippen molar-refractivity contribution in [2.45, 2.75) is 39.7 Å². The number of carbonyl (C=O) groups excluding carboxylic acids is 3.